The molecule has 0 amide bonds. The summed E-state index contributed by atoms with van der Waals surface area (Å²) in [5, 5.41) is 0. The smallest absolute Gasteiger partial charge is 0.177 e. The van der Waals surface area contributed by atoms with E-state index >= 15 is 0 Å². The van der Waals surface area contributed by atoms with Crippen molar-refractivity contribution in [2.45, 2.75) is 24.2 Å². The minimum Gasteiger partial charge on any atom is -0.493 e. The molecule has 0 bridgehead atoms. The standard InChI is InChI=1S/C13H17FO3S/c1-8(5-6-15)9-7-10(14)13(18-4)12(17-3)11(9)16-2/h6-8H,5H2,1-4H3. The Bertz CT molecular complexity index is 435. The Hall–Kier alpha value is -1.23. The Kier molecular flexibility index (Phi) is 5.47. The molecule has 0 radical (unpaired) electrons. The Morgan fingerprint density at radius 1 is 1.39 bits per heavy atom. The van der Waals surface area contributed by atoms with Crippen molar-refractivity contribution in [1.29, 1.82) is 0 Å². The van der Waals surface area contributed by atoms with Crippen LogP contribution in [0.4, 0.5) is 4.39 Å². The molecule has 0 fully saturated rings. The third kappa shape index (κ3) is 2.77. The molecular formula is C13H17FO3S. The molecule has 1 rings (SSSR count). The molecule has 0 saturated carbocycles. The van der Waals surface area contributed by atoms with Gasteiger partial charge in [0.2, 0.25) is 0 Å². The van der Waals surface area contributed by atoms with E-state index in [9.17, 15) is 9.18 Å². The maximum absolute atomic E-state index is 14.0. The van der Waals surface area contributed by atoms with Crippen LogP contribution in [0, 0.1) is 5.82 Å². The third-order valence-corrected chi connectivity index (χ3v) is 3.56. The van der Waals surface area contributed by atoms with E-state index in [4.69, 9.17) is 9.47 Å². The Morgan fingerprint density at radius 2 is 2.00 bits per heavy atom. The first kappa shape index (κ1) is 14.8. The zero-order valence-corrected chi connectivity index (χ0v) is 11.8. The topological polar surface area (TPSA) is 35.5 Å². The summed E-state index contributed by atoms with van der Waals surface area (Å²) in [5.74, 6) is 0.417. The van der Waals surface area contributed by atoms with Gasteiger partial charge in [-0.3, -0.25) is 0 Å². The van der Waals surface area contributed by atoms with E-state index in [1.165, 1.54) is 32.0 Å². The van der Waals surface area contributed by atoms with Gasteiger partial charge in [0.1, 0.15) is 12.1 Å². The Balaban J connectivity index is 3.43. The summed E-state index contributed by atoms with van der Waals surface area (Å²) in [6.07, 6.45) is 2.91. The fourth-order valence-corrected chi connectivity index (χ4v) is 2.45. The van der Waals surface area contributed by atoms with Crippen molar-refractivity contribution in [1.82, 2.24) is 0 Å². The number of rotatable bonds is 6. The van der Waals surface area contributed by atoms with E-state index in [0.29, 0.717) is 28.4 Å². The number of hydrogen-bond donors (Lipinski definition) is 0. The number of halogens is 1. The highest BCUT2D eigenvalue weighted by atomic mass is 32.2. The molecule has 1 aromatic carbocycles. The maximum Gasteiger partial charge on any atom is 0.177 e. The van der Waals surface area contributed by atoms with Gasteiger partial charge in [-0.05, 0) is 18.2 Å². The van der Waals surface area contributed by atoms with Crippen LogP contribution in [0.1, 0.15) is 24.8 Å². The lowest BCUT2D eigenvalue weighted by atomic mass is 9.97. The molecule has 0 spiro atoms. The zero-order chi connectivity index (χ0) is 13.7. The van der Waals surface area contributed by atoms with Gasteiger partial charge in [0.05, 0.1) is 19.1 Å². The minimum absolute atomic E-state index is 0.114. The average molecular weight is 272 g/mol. The second kappa shape index (κ2) is 6.64. The molecule has 18 heavy (non-hydrogen) atoms. The molecule has 0 heterocycles. The number of thioether (sulfide) groups is 1. The van der Waals surface area contributed by atoms with Crippen LogP contribution >= 0.6 is 11.8 Å². The van der Waals surface area contributed by atoms with Crippen molar-refractivity contribution in [3.63, 3.8) is 0 Å². The number of carbonyl (C=O) groups excluding carboxylic acids is 1. The molecule has 5 heteroatoms. The number of ether oxygens (including phenoxy) is 2. The van der Waals surface area contributed by atoms with Crippen LogP contribution in [0.15, 0.2) is 11.0 Å². The normalized spacial score (nSPS) is 12.1. The van der Waals surface area contributed by atoms with E-state index < -0.39 is 0 Å². The summed E-state index contributed by atoms with van der Waals surface area (Å²) in [7, 11) is 2.99. The van der Waals surface area contributed by atoms with Crippen molar-refractivity contribution in [3.05, 3.63) is 17.4 Å². The fraction of sp³-hybridized carbons (Fsp3) is 0.462. The van der Waals surface area contributed by atoms with Gasteiger partial charge in [-0.2, -0.15) is 0 Å². The molecule has 0 saturated heterocycles. The fourth-order valence-electron chi connectivity index (χ4n) is 1.83. The highest BCUT2D eigenvalue weighted by Crippen LogP contribution is 2.44. The highest BCUT2D eigenvalue weighted by molar-refractivity contribution is 7.98. The molecule has 0 aliphatic heterocycles. The molecule has 1 unspecified atom stereocenters. The summed E-state index contributed by atoms with van der Waals surface area (Å²) in [5.41, 5.74) is 0.650. The lowest BCUT2D eigenvalue weighted by molar-refractivity contribution is -0.108. The van der Waals surface area contributed by atoms with Gasteiger partial charge in [0, 0.05) is 12.0 Å². The minimum atomic E-state index is -0.354. The van der Waals surface area contributed by atoms with Gasteiger partial charge >= 0.3 is 0 Å². The second-order valence-electron chi connectivity index (χ2n) is 3.85. The SMILES string of the molecule is COc1c(C(C)CC=O)cc(F)c(SC)c1OC. The monoisotopic (exact) mass is 272 g/mol. The zero-order valence-electron chi connectivity index (χ0n) is 11.0. The first-order valence-electron chi connectivity index (χ1n) is 5.52. The van der Waals surface area contributed by atoms with Gasteiger partial charge in [-0.25, -0.2) is 4.39 Å². The number of aldehydes is 1. The molecule has 1 aromatic rings. The molecule has 0 aliphatic rings. The van der Waals surface area contributed by atoms with Crippen LogP contribution in [0.2, 0.25) is 0 Å². The van der Waals surface area contributed by atoms with Crippen LogP contribution in [0.3, 0.4) is 0 Å². The van der Waals surface area contributed by atoms with E-state index in [1.807, 2.05) is 6.92 Å². The largest absolute Gasteiger partial charge is 0.493 e. The Labute approximate surface area is 111 Å². The van der Waals surface area contributed by atoms with Gasteiger partial charge in [0.25, 0.3) is 0 Å². The van der Waals surface area contributed by atoms with Gasteiger partial charge in [-0.1, -0.05) is 6.92 Å². The number of carbonyl (C=O) groups is 1. The van der Waals surface area contributed by atoms with Crippen LogP contribution in [0.5, 0.6) is 11.5 Å². The van der Waals surface area contributed by atoms with Crippen LogP contribution in [-0.4, -0.2) is 26.8 Å². The molecule has 0 aromatic heterocycles. The predicted octanol–water partition coefficient (Wildman–Crippen LogP) is 3.26. The summed E-state index contributed by atoms with van der Waals surface area (Å²) in [4.78, 5) is 11.0. The van der Waals surface area contributed by atoms with Gasteiger partial charge in [-0.15, -0.1) is 11.8 Å². The van der Waals surface area contributed by atoms with E-state index in [-0.39, 0.29) is 11.7 Å². The summed E-state index contributed by atoms with van der Waals surface area (Å²) in [6.45, 7) is 1.85. The van der Waals surface area contributed by atoms with Crippen molar-refractivity contribution < 1.29 is 18.7 Å². The number of benzene rings is 1. The first-order valence-corrected chi connectivity index (χ1v) is 6.75. The summed E-state index contributed by atoms with van der Waals surface area (Å²) >= 11 is 1.26. The molecule has 3 nitrogen and oxygen atoms in total. The second-order valence-corrected chi connectivity index (χ2v) is 4.67. The quantitative estimate of drug-likeness (QED) is 0.588. The van der Waals surface area contributed by atoms with Crippen molar-refractivity contribution in [2.24, 2.45) is 0 Å². The first-order chi connectivity index (χ1) is 8.60. The number of hydrogen-bond acceptors (Lipinski definition) is 4. The molecule has 0 aliphatic carbocycles. The summed E-state index contributed by atoms with van der Waals surface area (Å²) < 4.78 is 24.5. The van der Waals surface area contributed by atoms with Crippen molar-refractivity contribution >= 4 is 18.0 Å². The van der Waals surface area contributed by atoms with Crippen LogP contribution in [0.25, 0.3) is 0 Å². The molecular weight excluding hydrogens is 255 g/mol. The maximum atomic E-state index is 14.0. The molecule has 1 atom stereocenters. The lowest BCUT2D eigenvalue weighted by Crippen LogP contribution is -2.03. The highest BCUT2D eigenvalue weighted by Gasteiger charge is 2.22. The van der Waals surface area contributed by atoms with E-state index in [1.54, 1.807) is 6.26 Å². The number of methoxy groups -OCH3 is 2. The molecule has 0 N–H and O–H groups in total. The predicted molar refractivity (Wildman–Crippen MR) is 70.4 cm³/mol. The average Bonchev–Trinajstić information content (AvgIpc) is 2.37. The van der Waals surface area contributed by atoms with Crippen molar-refractivity contribution in [2.75, 3.05) is 20.5 Å². The van der Waals surface area contributed by atoms with Crippen LogP contribution in [-0.2, 0) is 4.79 Å². The van der Waals surface area contributed by atoms with Gasteiger partial charge < -0.3 is 14.3 Å². The molecule has 100 valence electrons. The van der Waals surface area contributed by atoms with Crippen molar-refractivity contribution in [3.8, 4) is 11.5 Å². The lowest BCUT2D eigenvalue weighted by Gasteiger charge is -2.19. The van der Waals surface area contributed by atoms with E-state index in [2.05, 4.69) is 0 Å². The van der Waals surface area contributed by atoms with Crippen LogP contribution < -0.4 is 9.47 Å². The van der Waals surface area contributed by atoms with Gasteiger partial charge in [0.15, 0.2) is 11.5 Å². The Morgan fingerprint density at radius 3 is 2.44 bits per heavy atom. The van der Waals surface area contributed by atoms with E-state index in [0.717, 1.165) is 6.29 Å². The third-order valence-electron chi connectivity index (χ3n) is 2.77. The summed E-state index contributed by atoms with van der Waals surface area (Å²) in [6, 6.07) is 1.42.